The van der Waals surface area contributed by atoms with Crippen LogP contribution in [0.25, 0.3) is 0 Å². The third-order valence-electron chi connectivity index (χ3n) is 7.33. The van der Waals surface area contributed by atoms with Gasteiger partial charge in [0.1, 0.15) is 17.6 Å². The van der Waals surface area contributed by atoms with Gasteiger partial charge in [-0.05, 0) is 37.8 Å². The standard InChI is InChI=1S/C30H44N2O8/c1-16-10-9-11-17(2)29(35)32-23-15-21(33)14-22(25(23)34)27(38-7)20(5)13-24(37-6)28(39-8)19(4)12-18(3)26(16)40-30(31)36/h9-12,14-16,19-20,24,26-28,33-34H,13H2,1-8H3,(H2,31,36)(H,32,35)/b10-9-,17-11+,18-12-. The molecule has 1 aromatic rings. The molecule has 7 unspecified atom stereocenters. The number of phenolic OH excluding ortho intramolecular Hbond substituents is 2. The summed E-state index contributed by atoms with van der Waals surface area (Å²) in [5, 5.41) is 24.2. The maximum absolute atomic E-state index is 12.9. The highest BCUT2D eigenvalue weighted by Crippen LogP contribution is 2.42. The van der Waals surface area contributed by atoms with E-state index in [-0.39, 0.29) is 47.1 Å². The number of nitrogens with one attached hydrogen (secondary N) is 1. The van der Waals surface area contributed by atoms with Crippen molar-refractivity contribution in [3.63, 3.8) is 0 Å². The Morgan fingerprint density at radius 2 is 1.68 bits per heavy atom. The van der Waals surface area contributed by atoms with E-state index < -0.39 is 24.2 Å². The molecule has 1 aromatic carbocycles. The second-order valence-electron chi connectivity index (χ2n) is 10.5. The second kappa shape index (κ2) is 14.9. The van der Waals surface area contributed by atoms with Crippen molar-refractivity contribution < 1.29 is 38.7 Å². The zero-order chi connectivity index (χ0) is 30.1. The zero-order valence-corrected chi connectivity index (χ0v) is 24.6. The smallest absolute Gasteiger partial charge is 0.405 e. The lowest BCUT2D eigenvalue weighted by molar-refractivity contribution is -0.112. The number of methoxy groups -OCH3 is 3. The van der Waals surface area contributed by atoms with Crippen LogP contribution in [0, 0.1) is 17.8 Å². The number of rotatable bonds is 4. The molecule has 1 aliphatic heterocycles. The molecule has 10 heteroatoms. The van der Waals surface area contributed by atoms with Crippen LogP contribution in [0.15, 0.2) is 47.6 Å². The molecule has 1 aliphatic rings. The van der Waals surface area contributed by atoms with E-state index in [4.69, 9.17) is 24.7 Å². The summed E-state index contributed by atoms with van der Waals surface area (Å²) in [5.41, 5.74) is 6.91. The SMILES string of the molecule is COC1CC(C)C(OC)c2cc(O)cc(c2O)NC(=O)/C(C)=C/C=C\C(C)C(OC(N)=O)/C(C)=C\C(C)C1OC. The minimum Gasteiger partial charge on any atom is -0.508 e. The maximum atomic E-state index is 12.9. The van der Waals surface area contributed by atoms with Gasteiger partial charge in [-0.3, -0.25) is 4.79 Å². The number of benzene rings is 1. The first kappa shape index (κ1) is 32.9. The van der Waals surface area contributed by atoms with Crippen molar-refractivity contribution in [1.29, 1.82) is 0 Å². The molecule has 222 valence electrons. The van der Waals surface area contributed by atoms with Crippen molar-refractivity contribution in [2.45, 2.75) is 65.5 Å². The molecule has 0 aromatic heterocycles. The molecule has 2 rings (SSSR count). The average Bonchev–Trinajstić information content (AvgIpc) is 2.88. The van der Waals surface area contributed by atoms with Crippen LogP contribution in [-0.4, -0.2) is 61.9 Å². The summed E-state index contributed by atoms with van der Waals surface area (Å²) < 4.78 is 23.0. The van der Waals surface area contributed by atoms with E-state index in [9.17, 15) is 19.8 Å². The predicted octanol–water partition coefficient (Wildman–Crippen LogP) is 4.98. The van der Waals surface area contributed by atoms with Crippen LogP contribution in [0.3, 0.4) is 0 Å². The molecule has 0 radical (unpaired) electrons. The van der Waals surface area contributed by atoms with Crippen LogP contribution < -0.4 is 11.1 Å². The number of amides is 2. The van der Waals surface area contributed by atoms with Crippen LogP contribution >= 0.6 is 0 Å². The summed E-state index contributed by atoms with van der Waals surface area (Å²) in [7, 11) is 4.73. The molecule has 0 spiro atoms. The average molecular weight is 561 g/mol. The van der Waals surface area contributed by atoms with Gasteiger partial charge in [-0.25, -0.2) is 4.79 Å². The largest absolute Gasteiger partial charge is 0.508 e. The van der Waals surface area contributed by atoms with Crippen molar-refractivity contribution in [1.82, 2.24) is 0 Å². The number of fused-ring (bicyclic) bond motifs is 2. The fourth-order valence-corrected chi connectivity index (χ4v) is 5.30. The van der Waals surface area contributed by atoms with Gasteiger partial charge in [0.05, 0.1) is 24.0 Å². The summed E-state index contributed by atoms with van der Waals surface area (Å²) in [4.78, 5) is 24.6. The van der Waals surface area contributed by atoms with Crippen molar-refractivity contribution in [2.75, 3.05) is 26.6 Å². The van der Waals surface area contributed by atoms with E-state index in [1.54, 1.807) is 39.4 Å². The number of primary amides is 1. The number of phenols is 2. The van der Waals surface area contributed by atoms with Gasteiger partial charge in [-0.1, -0.05) is 45.1 Å². The first-order chi connectivity index (χ1) is 18.8. The van der Waals surface area contributed by atoms with Crippen LogP contribution in [0.2, 0.25) is 0 Å². The Kier molecular flexibility index (Phi) is 12.2. The summed E-state index contributed by atoms with van der Waals surface area (Å²) in [6.45, 7) is 9.30. The monoisotopic (exact) mass is 560 g/mol. The van der Waals surface area contributed by atoms with E-state index in [1.165, 1.54) is 19.2 Å². The fourth-order valence-electron chi connectivity index (χ4n) is 5.30. The third-order valence-corrected chi connectivity index (χ3v) is 7.33. The number of ether oxygens (including phenoxy) is 4. The molecule has 0 saturated carbocycles. The molecule has 0 aliphatic carbocycles. The van der Waals surface area contributed by atoms with Gasteiger partial charge in [0.15, 0.2) is 0 Å². The van der Waals surface area contributed by atoms with E-state index in [0.29, 0.717) is 17.6 Å². The number of aromatic hydroxyl groups is 2. The summed E-state index contributed by atoms with van der Waals surface area (Å²) in [6.07, 6.45) is 4.64. The number of nitrogens with two attached hydrogens (primary N) is 1. The van der Waals surface area contributed by atoms with Gasteiger partial charge in [-0.2, -0.15) is 0 Å². The topological polar surface area (TPSA) is 150 Å². The first-order valence-corrected chi connectivity index (χ1v) is 13.3. The number of hydrogen-bond donors (Lipinski definition) is 4. The fraction of sp³-hybridized carbons (Fsp3) is 0.533. The predicted molar refractivity (Wildman–Crippen MR) is 153 cm³/mol. The van der Waals surface area contributed by atoms with Gasteiger partial charge in [-0.15, -0.1) is 0 Å². The summed E-state index contributed by atoms with van der Waals surface area (Å²) in [5.74, 6) is -1.43. The van der Waals surface area contributed by atoms with Gasteiger partial charge < -0.3 is 40.2 Å². The van der Waals surface area contributed by atoms with E-state index in [1.807, 2.05) is 33.8 Å². The molecular formula is C30H44N2O8. The number of anilines is 1. The summed E-state index contributed by atoms with van der Waals surface area (Å²) in [6, 6.07) is 2.71. The molecular weight excluding hydrogens is 516 g/mol. The number of hydrogen-bond acceptors (Lipinski definition) is 8. The lowest BCUT2D eigenvalue weighted by Crippen LogP contribution is -2.37. The summed E-state index contributed by atoms with van der Waals surface area (Å²) >= 11 is 0. The molecule has 2 bridgehead atoms. The van der Waals surface area contributed by atoms with Crippen molar-refractivity contribution in [2.24, 2.45) is 23.5 Å². The normalized spacial score (nSPS) is 32.2. The highest BCUT2D eigenvalue weighted by Gasteiger charge is 2.33. The molecule has 5 N–H and O–H groups in total. The van der Waals surface area contributed by atoms with Crippen molar-refractivity contribution in [3.05, 3.63) is 53.1 Å². The number of carbonyl (C=O) groups is 2. The van der Waals surface area contributed by atoms with Crippen molar-refractivity contribution >= 4 is 17.7 Å². The molecule has 0 saturated heterocycles. The van der Waals surface area contributed by atoms with Gasteiger partial charge in [0.2, 0.25) is 0 Å². The van der Waals surface area contributed by atoms with E-state index in [2.05, 4.69) is 5.32 Å². The van der Waals surface area contributed by atoms with Crippen LogP contribution in [0.5, 0.6) is 11.5 Å². The van der Waals surface area contributed by atoms with Gasteiger partial charge >= 0.3 is 6.09 Å². The minimum atomic E-state index is -0.891. The second-order valence-corrected chi connectivity index (χ2v) is 10.5. The highest BCUT2D eigenvalue weighted by atomic mass is 16.6. The van der Waals surface area contributed by atoms with Gasteiger partial charge in [0.25, 0.3) is 5.91 Å². The molecule has 1 heterocycles. The third kappa shape index (κ3) is 8.33. The molecule has 10 nitrogen and oxygen atoms in total. The number of allylic oxidation sites excluding steroid dienone is 2. The Labute approximate surface area is 236 Å². The Hall–Kier alpha value is -3.34. The Bertz CT molecular complexity index is 1130. The Morgan fingerprint density at radius 3 is 2.25 bits per heavy atom. The zero-order valence-electron chi connectivity index (χ0n) is 24.6. The quantitative estimate of drug-likeness (QED) is 0.229. The lowest BCUT2D eigenvalue weighted by Gasteiger charge is -2.33. The van der Waals surface area contributed by atoms with Crippen LogP contribution in [0.1, 0.15) is 52.7 Å². The Balaban J connectivity index is 2.67. The lowest BCUT2D eigenvalue weighted by atomic mass is 9.86. The van der Waals surface area contributed by atoms with Gasteiger partial charge in [0, 0.05) is 50.4 Å². The maximum Gasteiger partial charge on any atom is 0.405 e. The minimum absolute atomic E-state index is 0.0543. The molecule has 0 fully saturated rings. The van der Waals surface area contributed by atoms with Crippen molar-refractivity contribution in [3.8, 4) is 11.5 Å². The van der Waals surface area contributed by atoms with E-state index >= 15 is 0 Å². The molecule has 40 heavy (non-hydrogen) atoms. The Morgan fingerprint density at radius 1 is 1.00 bits per heavy atom. The first-order valence-electron chi connectivity index (χ1n) is 13.3. The molecule has 7 atom stereocenters. The number of carbonyl (C=O) groups excluding carboxylic acids is 2. The van der Waals surface area contributed by atoms with Crippen LogP contribution in [0.4, 0.5) is 10.5 Å². The van der Waals surface area contributed by atoms with Crippen LogP contribution in [-0.2, 0) is 23.7 Å². The van der Waals surface area contributed by atoms with E-state index in [0.717, 1.165) is 5.57 Å². The molecule has 2 amide bonds. The highest BCUT2D eigenvalue weighted by molar-refractivity contribution is 6.04.